The molecule has 1 unspecified atom stereocenters. The molecule has 34 heavy (non-hydrogen) atoms. The fourth-order valence-electron chi connectivity index (χ4n) is 4.14. The van der Waals surface area contributed by atoms with E-state index in [9.17, 15) is 19.8 Å². The summed E-state index contributed by atoms with van der Waals surface area (Å²) in [5.74, 6) is -1.67. The van der Waals surface area contributed by atoms with Gasteiger partial charge in [0.25, 0.3) is 5.91 Å². The van der Waals surface area contributed by atoms with Crippen LogP contribution in [0.3, 0.4) is 0 Å². The number of thiazole rings is 2. The average Bonchev–Trinajstić information content (AvgIpc) is 3.42. The van der Waals surface area contributed by atoms with Crippen molar-refractivity contribution in [2.45, 2.75) is 33.7 Å². The van der Waals surface area contributed by atoms with Gasteiger partial charge in [0.15, 0.2) is 10.9 Å². The van der Waals surface area contributed by atoms with Gasteiger partial charge >= 0.3 is 0 Å². The highest BCUT2D eigenvalue weighted by molar-refractivity contribution is 7.22. The molecule has 3 heterocycles. The van der Waals surface area contributed by atoms with Crippen molar-refractivity contribution in [1.82, 2.24) is 9.97 Å². The van der Waals surface area contributed by atoms with Crippen LogP contribution < -0.4 is 4.90 Å². The van der Waals surface area contributed by atoms with E-state index < -0.39 is 23.5 Å². The SMILES string of the molecule is Cc1nc(C)c(C(=O)C2=C(O)C(=O)N(c3nc4cc(C)c(C)cc4s3)C2c2ccc(O)cc2)s1. The van der Waals surface area contributed by atoms with E-state index in [0.717, 1.165) is 26.4 Å². The molecule has 1 aliphatic heterocycles. The van der Waals surface area contributed by atoms with Gasteiger partial charge in [-0.05, 0) is 68.7 Å². The van der Waals surface area contributed by atoms with Crippen LogP contribution in [-0.2, 0) is 4.79 Å². The monoisotopic (exact) mass is 491 g/mol. The third kappa shape index (κ3) is 3.48. The van der Waals surface area contributed by atoms with Gasteiger partial charge in [0.2, 0.25) is 5.78 Å². The van der Waals surface area contributed by atoms with Crippen molar-refractivity contribution >= 4 is 49.7 Å². The summed E-state index contributed by atoms with van der Waals surface area (Å²) in [6.07, 6.45) is 0. The number of benzene rings is 2. The molecule has 0 bridgehead atoms. The number of aromatic nitrogens is 2. The maximum absolute atomic E-state index is 13.6. The predicted octanol–water partition coefficient (Wildman–Crippen LogP) is 5.47. The molecule has 0 saturated heterocycles. The van der Waals surface area contributed by atoms with Gasteiger partial charge in [0.05, 0.1) is 37.4 Å². The molecule has 0 saturated carbocycles. The largest absolute Gasteiger partial charge is 0.508 e. The third-order valence-corrected chi connectivity index (χ3v) is 8.06. The van der Waals surface area contributed by atoms with Crippen LogP contribution >= 0.6 is 22.7 Å². The molecular formula is C25H21N3O4S2. The lowest BCUT2D eigenvalue weighted by Crippen LogP contribution is -2.30. The van der Waals surface area contributed by atoms with Gasteiger partial charge in [0, 0.05) is 0 Å². The first-order valence-corrected chi connectivity index (χ1v) is 12.2. The van der Waals surface area contributed by atoms with Crippen molar-refractivity contribution in [3.63, 3.8) is 0 Å². The van der Waals surface area contributed by atoms with E-state index in [0.29, 0.717) is 21.3 Å². The summed E-state index contributed by atoms with van der Waals surface area (Å²) < 4.78 is 0.906. The average molecular weight is 492 g/mol. The number of nitrogens with zero attached hydrogens (tertiary/aromatic N) is 3. The third-order valence-electron chi connectivity index (χ3n) is 5.97. The second-order valence-corrected chi connectivity index (χ2v) is 10.5. The first-order valence-electron chi connectivity index (χ1n) is 10.6. The molecule has 5 rings (SSSR count). The van der Waals surface area contributed by atoms with E-state index in [4.69, 9.17) is 0 Å². The summed E-state index contributed by atoms with van der Waals surface area (Å²) in [7, 11) is 0. The number of Topliss-reactive ketones (excluding diaryl/α,β-unsaturated/α-hetero) is 1. The smallest absolute Gasteiger partial charge is 0.296 e. The zero-order chi connectivity index (χ0) is 24.3. The van der Waals surface area contributed by atoms with Crippen molar-refractivity contribution in [1.29, 1.82) is 0 Å². The number of fused-ring (bicyclic) bond motifs is 1. The van der Waals surface area contributed by atoms with Crippen molar-refractivity contribution in [3.8, 4) is 5.75 Å². The number of amides is 1. The van der Waals surface area contributed by atoms with E-state index in [-0.39, 0.29) is 11.3 Å². The molecule has 7 nitrogen and oxygen atoms in total. The molecule has 9 heteroatoms. The van der Waals surface area contributed by atoms with E-state index >= 15 is 0 Å². The minimum atomic E-state index is -0.898. The molecule has 172 valence electrons. The van der Waals surface area contributed by atoms with Gasteiger partial charge < -0.3 is 10.2 Å². The molecule has 1 amide bonds. The lowest BCUT2D eigenvalue weighted by molar-refractivity contribution is -0.117. The van der Waals surface area contributed by atoms with E-state index in [1.54, 1.807) is 26.0 Å². The number of ketones is 1. The normalized spacial score (nSPS) is 16.2. The Morgan fingerprint density at radius 2 is 1.65 bits per heavy atom. The summed E-state index contributed by atoms with van der Waals surface area (Å²) in [6, 6.07) is 9.33. The number of anilines is 1. The van der Waals surface area contributed by atoms with Crippen LogP contribution in [0.15, 0.2) is 47.7 Å². The predicted molar refractivity (Wildman–Crippen MR) is 133 cm³/mol. The summed E-state index contributed by atoms with van der Waals surface area (Å²) in [4.78, 5) is 37.8. The van der Waals surface area contributed by atoms with E-state index in [2.05, 4.69) is 9.97 Å². The molecule has 1 aliphatic rings. The Bertz CT molecular complexity index is 1480. The molecule has 2 N–H and O–H groups in total. The number of phenols is 1. The van der Waals surface area contributed by atoms with Crippen molar-refractivity contribution in [3.05, 3.63) is 80.0 Å². The molecule has 0 aliphatic carbocycles. The Labute approximate surface area is 203 Å². The number of hydrogen-bond acceptors (Lipinski definition) is 8. The molecule has 1 atom stereocenters. The fourth-order valence-corrected chi connectivity index (χ4v) is 6.09. The Morgan fingerprint density at radius 1 is 0.971 bits per heavy atom. The Balaban J connectivity index is 1.69. The maximum Gasteiger partial charge on any atom is 0.296 e. The van der Waals surface area contributed by atoms with Crippen LogP contribution in [0.2, 0.25) is 0 Å². The highest BCUT2D eigenvalue weighted by Crippen LogP contribution is 2.45. The van der Waals surface area contributed by atoms with Crippen molar-refractivity contribution in [2.75, 3.05) is 4.90 Å². The molecule has 0 fully saturated rings. The van der Waals surface area contributed by atoms with Gasteiger partial charge in [-0.1, -0.05) is 23.5 Å². The summed E-state index contributed by atoms with van der Waals surface area (Å²) in [5.41, 5.74) is 4.04. The minimum Gasteiger partial charge on any atom is -0.508 e. The van der Waals surface area contributed by atoms with Gasteiger partial charge in [-0.15, -0.1) is 11.3 Å². The van der Waals surface area contributed by atoms with Gasteiger partial charge in [-0.25, -0.2) is 9.97 Å². The van der Waals surface area contributed by atoms with Crippen molar-refractivity contribution in [2.24, 2.45) is 0 Å². The first-order chi connectivity index (χ1) is 16.2. The number of aromatic hydroxyl groups is 1. The Morgan fingerprint density at radius 3 is 2.29 bits per heavy atom. The number of aliphatic hydroxyl groups excluding tert-OH is 1. The number of hydrogen-bond donors (Lipinski definition) is 2. The van der Waals surface area contributed by atoms with Crippen molar-refractivity contribution < 1.29 is 19.8 Å². The van der Waals surface area contributed by atoms with Gasteiger partial charge in [0.1, 0.15) is 5.75 Å². The summed E-state index contributed by atoms with van der Waals surface area (Å²) in [5, 5.41) is 21.9. The zero-order valence-corrected chi connectivity index (χ0v) is 20.5. The van der Waals surface area contributed by atoms with Gasteiger partial charge in [-0.2, -0.15) is 0 Å². The van der Waals surface area contributed by atoms with E-state index in [1.165, 1.54) is 39.7 Å². The van der Waals surface area contributed by atoms with Crippen LogP contribution in [0.4, 0.5) is 5.13 Å². The lowest BCUT2D eigenvalue weighted by atomic mass is 9.95. The molecule has 0 spiro atoms. The van der Waals surface area contributed by atoms with Gasteiger partial charge in [-0.3, -0.25) is 14.5 Å². The molecular weight excluding hydrogens is 470 g/mol. The first kappa shape index (κ1) is 22.2. The zero-order valence-electron chi connectivity index (χ0n) is 18.9. The number of aryl methyl sites for hydroxylation is 4. The quantitative estimate of drug-likeness (QED) is 0.367. The topological polar surface area (TPSA) is 104 Å². The summed E-state index contributed by atoms with van der Waals surface area (Å²) in [6.45, 7) is 7.55. The minimum absolute atomic E-state index is 0.0194. The molecule has 2 aromatic carbocycles. The highest BCUT2D eigenvalue weighted by Gasteiger charge is 2.46. The van der Waals surface area contributed by atoms with Crippen LogP contribution in [0, 0.1) is 27.7 Å². The number of rotatable bonds is 4. The Hall–Kier alpha value is -3.56. The Kier molecular flexibility index (Phi) is 5.26. The highest BCUT2D eigenvalue weighted by atomic mass is 32.1. The van der Waals surface area contributed by atoms with Crippen LogP contribution in [-0.4, -0.2) is 31.9 Å². The lowest BCUT2D eigenvalue weighted by Gasteiger charge is -2.24. The molecule has 0 radical (unpaired) electrons. The van der Waals surface area contributed by atoms with Crippen LogP contribution in [0.5, 0.6) is 5.75 Å². The molecule has 2 aromatic heterocycles. The number of aliphatic hydroxyl groups is 1. The van der Waals surface area contributed by atoms with Crippen LogP contribution in [0.25, 0.3) is 10.2 Å². The number of phenolic OH excluding ortho intramolecular Hbond substituents is 1. The van der Waals surface area contributed by atoms with Crippen LogP contribution in [0.1, 0.15) is 43.1 Å². The second-order valence-electron chi connectivity index (χ2n) is 8.31. The number of carbonyl (C=O) groups is 2. The van der Waals surface area contributed by atoms with E-state index in [1.807, 2.05) is 26.0 Å². The second kappa shape index (κ2) is 8.03. The standard InChI is InChI=1S/C25H21N3O4S2/c1-11-9-17-18(10-12(11)2)34-25(27-17)28-20(15-5-7-16(29)8-6-15)19(22(31)24(28)32)21(30)23-13(3)26-14(4)33-23/h5-10,20,29,31H,1-4H3. The maximum atomic E-state index is 13.6. The fraction of sp³-hybridized carbons (Fsp3) is 0.200. The summed E-state index contributed by atoms with van der Waals surface area (Å²) >= 11 is 2.55. The molecule has 4 aromatic rings. The number of carbonyl (C=O) groups excluding carboxylic acids is 2.